The first-order valence-corrected chi connectivity index (χ1v) is 12.5. The molecule has 0 bridgehead atoms. The summed E-state index contributed by atoms with van der Waals surface area (Å²) in [5, 5.41) is 11.6. The Bertz CT molecular complexity index is 1300. The molecule has 1 amide bonds. The van der Waals surface area contributed by atoms with Gasteiger partial charge in [-0.3, -0.25) is 19.8 Å². The molecular formula is C27H25N3O4S. The fourth-order valence-corrected chi connectivity index (χ4v) is 5.64. The van der Waals surface area contributed by atoms with Gasteiger partial charge in [0.2, 0.25) is 0 Å². The van der Waals surface area contributed by atoms with Gasteiger partial charge in [0, 0.05) is 29.8 Å². The number of para-hydroxylation sites is 1. The molecule has 1 saturated heterocycles. The van der Waals surface area contributed by atoms with E-state index in [1.807, 2.05) is 35.2 Å². The van der Waals surface area contributed by atoms with Crippen LogP contribution in [0.3, 0.4) is 0 Å². The van der Waals surface area contributed by atoms with Crippen LogP contribution in [0.15, 0.2) is 81.0 Å². The third-order valence-electron chi connectivity index (χ3n) is 6.48. The molecule has 0 N–H and O–H groups in total. The number of benzene rings is 2. The summed E-state index contributed by atoms with van der Waals surface area (Å²) in [6, 6.07) is 19.6. The van der Waals surface area contributed by atoms with E-state index >= 15 is 0 Å². The fraction of sp³-hybridized carbons (Fsp3) is 0.259. The van der Waals surface area contributed by atoms with E-state index in [-0.39, 0.29) is 17.6 Å². The summed E-state index contributed by atoms with van der Waals surface area (Å²) in [4.78, 5) is 31.3. The molecule has 0 unspecified atom stereocenters. The normalized spacial score (nSPS) is 22.8. The van der Waals surface area contributed by atoms with E-state index < -0.39 is 4.92 Å². The second kappa shape index (κ2) is 9.92. The van der Waals surface area contributed by atoms with Gasteiger partial charge in [-0.2, -0.15) is 0 Å². The first kappa shape index (κ1) is 23.1. The van der Waals surface area contributed by atoms with Crippen molar-refractivity contribution < 1.29 is 14.1 Å². The number of nitro groups is 1. The Hall–Kier alpha value is -3.65. The van der Waals surface area contributed by atoms with Crippen LogP contribution in [-0.2, 0) is 4.79 Å². The minimum Gasteiger partial charge on any atom is -0.457 e. The van der Waals surface area contributed by atoms with Crippen molar-refractivity contribution in [1.82, 2.24) is 4.90 Å². The number of rotatable bonds is 5. The van der Waals surface area contributed by atoms with E-state index in [4.69, 9.17) is 9.41 Å². The first-order chi connectivity index (χ1) is 17.0. The average Bonchev–Trinajstić information content (AvgIpc) is 3.45. The van der Waals surface area contributed by atoms with Crippen LogP contribution in [0.2, 0.25) is 0 Å². The molecule has 1 aliphatic heterocycles. The molecule has 35 heavy (non-hydrogen) atoms. The van der Waals surface area contributed by atoms with Gasteiger partial charge in [0.1, 0.15) is 11.5 Å². The van der Waals surface area contributed by atoms with Gasteiger partial charge in [0.05, 0.1) is 15.5 Å². The Kier molecular flexibility index (Phi) is 6.55. The van der Waals surface area contributed by atoms with Crippen LogP contribution in [0.5, 0.6) is 0 Å². The maximum Gasteiger partial charge on any atom is 0.269 e. The smallest absolute Gasteiger partial charge is 0.269 e. The van der Waals surface area contributed by atoms with Crippen LogP contribution >= 0.6 is 11.8 Å². The standard InChI is InChI=1S/C27H25N3O4S/c1-18-7-5-6-10-23(18)29-26(31)25(35-27(29)28-20-8-3-2-4-9-20)17-22-15-16-24(34-22)19-11-13-21(14-12-19)30(32)33/h2-4,8-9,11-18,23H,5-7,10H2,1H3/b25-17-,28-27?/t18-,23+/m0/s1. The van der Waals surface area contributed by atoms with Gasteiger partial charge >= 0.3 is 0 Å². The SMILES string of the molecule is C[C@H]1CCCC[C@H]1N1C(=O)/C(=C/c2ccc(-c3ccc([N+](=O)[O-])cc3)o2)SC1=Nc1ccccc1. The number of hydrogen-bond donors (Lipinski definition) is 0. The number of thioether (sulfide) groups is 1. The molecule has 178 valence electrons. The number of hydrogen-bond acceptors (Lipinski definition) is 6. The van der Waals surface area contributed by atoms with Gasteiger partial charge in [-0.15, -0.1) is 0 Å². The Labute approximate surface area is 207 Å². The number of nitrogens with zero attached hydrogens (tertiary/aromatic N) is 3. The zero-order valence-corrected chi connectivity index (χ0v) is 20.1. The maximum atomic E-state index is 13.6. The van der Waals surface area contributed by atoms with E-state index in [0.29, 0.717) is 27.5 Å². The number of carbonyl (C=O) groups is 1. The minimum atomic E-state index is -0.432. The lowest BCUT2D eigenvalue weighted by Gasteiger charge is -2.35. The second-order valence-corrected chi connectivity index (χ2v) is 9.86. The molecule has 1 aliphatic carbocycles. The number of nitro benzene ring substituents is 1. The molecule has 5 rings (SSSR count). The Morgan fingerprint density at radius 3 is 2.51 bits per heavy atom. The summed E-state index contributed by atoms with van der Waals surface area (Å²) in [5.74, 6) is 1.49. The summed E-state index contributed by atoms with van der Waals surface area (Å²) < 4.78 is 5.97. The van der Waals surface area contributed by atoms with Gasteiger partial charge in [-0.05, 0) is 66.9 Å². The molecular weight excluding hydrogens is 462 g/mol. The minimum absolute atomic E-state index is 0.0258. The van der Waals surface area contributed by atoms with Crippen LogP contribution in [0, 0.1) is 16.0 Å². The highest BCUT2D eigenvalue weighted by Gasteiger charge is 2.41. The lowest BCUT2D eigenvalue weighted by atomic mass is 9.85. The molecule has 2 heterocycles. The van der Waals surface area contributed by atoms with Crippen molar-refractivity contribution in [3.05, 3.63) is 87.5 Å². The largest absolute Gasteiger partial charge is 0.457 e. The van der Waals surface area contributed by atoms with Crippen molar-refractivity contribution in [3.8, 4) is 11.3 Å². The zero-order valence-electron chi connectivity index (χ0n) is 19.3. The van der Waals surface area contributed by atoms with E-state index in [0.717, 1.165) is 30.5 Å². The number of non-ortho nitro benzene ring substituents is 1. The van der Waals surface area contributed by atoms with Crippen molar-refractivity contribution in [2.45, 2.75) is 38.6 Å². The number of furan rings is 1. The van der Waals surface area contributed by atoms with Crippen LogP contribution in [-0.4, -0.2) is 26.9 Å². The molecule has 3 aromatic rings. The molecule has 2 fully saturated rings. The molecule has 0 radical (unpaired) electrons. The highest BCUT2D eigenvalue weighted by atomic mass is 32.2. The van der Waals surface area contributed by atoms with Crippen molar-refractivity contribution in [2.24, 2.45) is 10.9 Å². The van der Waals surface area contributed by atoms with Crippen LogP contribution in [0.1, 0.15) is 38.4 Å². The summed E-state index contributed by atoms with van der Waals surface area (Å²) in [6.45, 7) is 2.21. The summed E-state index contributed by atoms with van der Waals surface area (Å²) >= 11 is 1.37. The maximum absolute atomic E-state index is 13.6. The van der Waals surface area contributed by atoms with E-state index in [1.165, 1.54) is 30.3 Å². The van der Waals surface area contributed by atoms with E-state index in [9.17, 15) is 14.9 Å². The predicted octanol–water partition coefficient (Wildman–Crippen LogP) is 7.04. The van der Waals surface area contributed by atoms with Crippen molar-refractivity contribution in [3.63, 3.8) is 0 Å². The number of carbonyl (C=O) groups excluding carboxylic acids is 1. The number of amides is 1. The molecule has 2 aromatic carbocycles. The number of aliphatic imine (C=N–C) groups is 1. The zero-order chi connectivity index (χ0) is 24.4. The van der Waals surface area contributed by atoms with Crippen LogP contribution < -0.4 is 0 Å². The summed E-state index contributed by atoms with van der Waals surface area (Å²) in [5.41, 5.74) is 1.57. The molecule has 0 spiro atoms. The van der Waals surface area contributed by atoms with Crippen molar-refractivity contribution in [1.29, 1.82) is 0 Å². The Morgan fingerprint density at radius 1 is 1.06 bits per heavy atom. The first-order valence-electron chi connectivity index (χ1n) is 11.7. The van der Waals surface area contributed by atoms with Crippen LogP contribution in [0.4, 0.5) is 11.4 Å². The summed E-state index contributed by atoms with van der Waals surface area (Å²) in [6.07, 6.45) is 6.14. The Morgan fingerprint density at radius 2 is 1.80 bits per heavy atom. The Balaban J connectivity index is 1.45. The lowest BCUT2D eigenvalue weighted by molar-refractivity contribution is -0.384. The molecule has 8 heteroatoms. The monoisotopic (exact) mass is 487 g/mol. The second-order valence-electron chi connectivity index (χ2n) is 8.85. The predicted molar refractivity (Wildman–Crippen MR) is 138 cm³/mol. The third kappa shape index (κ3) is 4.93. The van der Waals surface area contributed by atoms with Crippen molar-refractivity contribution >= 4 is 40.3 Å². The van der Waals surface area contributed by atoms with Gasteiger partial charge in [0.25, 0.3) is 11.6 Å². The summed E-state index contributed by atoms with van der Waals surface area (Å²) in [7, 11) is 0. The number of amidine groups is 1. The lowest BCUT2D eigenvalue weighted by Crippen LogP contribution is -2.44. The molecule has 2 aliphatic rings. The average molecular weight is 488 g/mol. The highest BCUT2D eigenvalue weighted by molar-refractivity contribution is 8.18. The van der Waals surface area contributed by atoms with Gasteiger partial charge in [-0.1, -0.05) is 38.0 Å². The molecule has 1 saturated carbocycles. The topological polar surface area (TPSA) is 89.0 Å². The van der Waals surface area contributed by atoms with Crippen LogP contribution in [0.25, 0.3) is 17.4 Å². The van der Waals surface area contributed by atoms with Crippen molar-refractivity contribution in [2.75, 3.05) is 0 Å². The van der Waals surface area contributed by atoms with E-state index in [1.54, 1.807) is 30.3 Å². The third-order valence-corrected chi connectivity index (χ3v) is 7.46. The van der Waals surface area contributed by atoms with Gasteiger partial charge in [0.15, 0.2) is 5.17 Å². The van der Waals surface area contributed by atoms with Gasteiger partial charge < -0.3 is 4.42 Å². The molecule has 7 nitrogen and oxygen atoms in total. The van der Waals surface area contributed by atoms with Gasteiger partial charge in [-0.25, -0.2) is 4.99 Å². The molecule has 1 aromatic heterocycles. The van der Waals surface area contributed by atoms with E-state index in [2.05, 4.69) is 6.92 Å². The molecule has 2 atom stereocenters. The highest BCUT2D eigenvalue weighted by Crippen LogP contribution is 2.40. The fourth-order valence-electron chi connectivity index (χ4n) is 4.61. The quantitative estimate of drug-likeness (QED) is 0.219.